The third-order valence-electron chi connectivity index (χ3n) is 2.49. The fourth-order valence-electron chi connectivity index (χ4n) is 1.53. The highest BCUT2D eigenvalue weighted by atomic mass is 32.2. The van der Waals surface area contributed by atoms with Crippen LogP contribution >= 0.6 is 0 Å². The van der Waals surface area contributed by atoms with E-state index in [0.717, 1.165) is 6.26 Å². The summed E-state index contributed by atoms with van der Waals surface area (Å²) >= 11 is 0. The fraction of sp³-hybridized carbons (Fsp3) is 1.00. The van der Waals surface area contributed by atoms with Crippen LogP contribution in [0.25, 0.3) is 0 Å². The molecule has 0 saturated carbocycles. The number of alkyl halides is 4. The highest BCUT2D eigenvalue weighted by Gasteiger charge is 2.41. The average Bonchev–Trinajstić information content (AvgIpc) is 2.26. The molecule has 0 aromatic carbocycles. The van der Waals surface area contributed by atoms with Crippen molar-refractivity contribution < 1.29 is 30.7 Å². The summed E-state index contributed by atoms with van der Waals surface area (Å²) in [5.41, 5.74) is 0. The smallest absolute Gasteiger partial charge is 0.330 e. The van der Waals surface area contributed by atoms with E-state index in [1.807, 2.05) is 0 Å². The molecule has 20 heavy (non-hydrogen) atoms. The second-order valence-corrected chi connectivity index (χ2v) is 6.86. The van der Waals surface area contributed by atoms with E-state index in [4.69, 9.17) is 0 Å². The van der Waals surface area contributed by atoms with Crippen LogP contribution in [0.3, 0.4) is 0 Å². The van der Waals surface area contributed by atoms with E-state index in [0.29, 0.717) is 19.4 Å². The average molecular weight is 323 g/mol. The Morgan fingerprint density at radius 3 is 2.35 bits per heavy atom. The number of hydrogen-bond donors (Lipinski definition) is 1. The Kier molecular flexibility index (Phi) is 8.60. The minimum Gasteiger partial charge on any atom is -0.373 e. The maximum Gasteiger partial charge on any atom is 0.330 e. The van der Waals surface area contributed by atoms with Crippen molar-refractivity contribution in [2.24, 2.45) is 0 Å². The van der Waals surface area contributed by atoms with Gasteiger partial charge >= 0.3 is 12.3 Å². The van der Waals surface area contributed by atoms with Crippen molar-refractivity contribution in [1.29, 1.82) is 0 Å². The van der Waals surface area contributed by atoms with Crippen LogP contribution in [0.1, 0.15) is 19.8 Å². The van der Waals surface area contributed by atoms with E-state index in [1.54, 1.807) is 6.92 Å². The zero-order chi connectivity index (χ0) is 15.8. The first kappa shape index (κ1) is 19.6. The minimum absolute atomic E-state index is 0.0118. The molecule has 0 aliphatic rings. The molecule has 0 rings (SSSR count). The van der Waals surface area contributed by atoms with E-state index >= 15 is 0 Å². The minimum atomic E-state index is -4.16. The molecule has 1 N–H and O–H groups in total. The normalized spacial score (nSPS) is 14.8. The lowest BCUT2D eigenvalue weighted by atomic mass is 10.2. The Labute approximate surface area is 116 Å². The highest BCUT2D eigenvalue weighted by Crippen LogP contribution is 2.22. The van der Waals surface area contributed by atoms with Crippen LogP contribution in [0.4, 0.5) is 17.6 Å². The van der Waals surface area contributed by atoms with E-state index in [1.165, 1.54) is 0 Å². The van der Waals surface area contributed by atoms with Crippen LogP contribution in [0.15, 0.2) is 0 Å². The molecular weight excluding hydrogens is 302 g/mol. The summed E-state index contributed by atoms with van der Waals surface area (Å²) in [4.78, 5) is 0. The van der Waals surface area contributed by atoms with Gasteiger partial charge in [-0.2, -0.15) is 8.78 Å². The molecule has 0 radical (unpaired) electrons. The topological polar surface area (TPSA) is 55.4 Å². The molecule has 0 amide bonds. The molecule has 0 aliphatic carbocycles. The maximum atomic E-state index is 12.6. The molecule has 9 heteroatoms. The molecule has 0 aromatic rings. The summed E-state index contributed by atoms with van der Waals surface area (Å²) in [5, 5.41) is 2.93. The molecule has 0 aliphatic heterocycles. The first-order valence-electron chi connectivity index (χ1n) is 6.23. The molecule has 0 heterocycles. The Balaban J connectivity index is 4.09. The van der Waals surface area contributed by atoms with E-state index in [2.05, 4.69) is 10.1 Å². The van der Waals surface area contributed by atoms with E-state index in [9.17, 15) is 26.0 Å². The highest BCUT2D eigenvalue weighted by molar-refractivity contribution is 7.90. The maximum absolute atomic E-state index is 12.6. The van der Waals surface area contributed by atoms with Crippen molar-refractivity contribution in [2.45, 2.75) is 38.2 Å². The summed E-state index contributed by atoms with van der Waals surface area (Å²) in [7, 11) is -3.08. The van der Waals surface area contributed by atoms with Crippen LogP contribution in [-0.2, 0) is 14.6 Å². The van der Waals surface area contributed by atoms with Crippen molar-refractivity contribution in [3.63, 3.8) is 0 Å². The van der Waals surface area contributed by atoms with Gasteiger partial charge in [0.1, 0.15) is 16.4 Å². The van der Waals surface area contributed by atoms with Gasteiger partial charge in [0.2, 0.25) is 0 Å². The summed E-state index contributed by atoms with van der Waals surface area (Å²) in [6, 6.07) is -0.338. The molecule has 1 unspecified atom stereocenters. The monoisotopic (exact) mass is 323 g/mol. The quantitative estimate of drug-likeness (QED) is 0.588. The second kappa shape index (κ2) is 8.78. The zero-order valence-electron chi connectivity index (χ0n) is 11.5. The van der Waals surface area contributed by atoms with Crippen molar-refractivity contribution >= 4 is 9.84 Å². The first-order chi connectivity index (χ1) is 9.08. The lowest BCUT2D eigenvalue weighted by Crippen LogP contribution is -2.38. The van der Waals surface area contributed by atoms with E-state index in [-0.39, 0.29) is 18.4 Å². The van der Waals surface area contributed by atoms with Crippen molar-refractivity contribution in [3.8, 4) is 0 Å². The largest absolute Gasteiger partial charge is 0.373 e. The standard InChI is InChI=1S/C11H21F4NO3S/c1-3-16-9(5-4-6-20(2,17)18)7-19-8-11(14,15)10(12)13/h9-10,16H,3-8H2,1-2H3. The Bertz CT molecular complexity index is 363. The van der Waals surface area contributed by atoms with Gasteiger partial charge in [0.15, 0.2) is 0 Å². The van der Waals surface area contributed by atoms with Gasteiger partial charge in [0.05, 0.1) is 6.61 Å². The van der Waals surface area contributed by atoms with Gasteiger partial charge in [-0.05, 0) is 19.4 Å². The van der Waals surface area contributed by atoms with Crippen molar-refractivity contribution in [2.75, 3.05) is 31.8 Å². The molecule has 0 fully saturated rings. The summed E-state index contributed by atoms with van der Waals surface area (Å²) in [6.45, 7) is 0.814. The number of ether oxygens (including phenoxy) is 1. The Hall–Kier alpha value is -0.410. The SMILES string of the molecule is CCNC(CCCS(C)(=O)=O)COCC(F)(F)C(F)F. The molecule has 1 atom stereocenters. The second-order valence-electron chi connectivity index (χ2n) is 4.60. The number of likely N-dealkylation sites (N-methyl/N-ethyl adjacent to an activating group) is 1. The number of sulfone groups is 1. The number of nitrogens with one attached hydrogen (secondary N) is 1. The van der Waals surface area contributed by atoms with Gasteiger partial charge in [0.25, 0.3) is 0 Å². The van der Waals surface area contributed by atoms with Crippen molar-refractivity contribution in [1.82, 2.24) is 5.32 Å². The van der Waals surface area contributed by atoms with Gasteiger partial charge in [-0.3, -0.25) is 0 Å². The van der Waals surface area contributed by atoms with Crippen molar-refractivity contribution in [3.05, 3.63) is 0 Å². The van der Waals surface area contributed by atoms with Crippen LogP contribution < -0.4 is 5.32 Å². The molecule has 0 bridgehead atoms. The molecule has 0 aromatic heterocycles. The summed E-state index contributed by atoms with van der Waals surface area (Å²) in [5.74, 6) is -4.17. The first-order valence-corrected chi connectivity index (χ1v) is 8.29. The predicted molar refractivity (Wildman–Crippen MR) is 68.2 cm³/mol. The van der Waals surface area contributed by atoms with Gasteiger partial charge in [-0.25, -0.2) is 17.2 Å². The Morgan fingerprint density at radius 1 is 1.30 bits per heavy atom. The predicted octanol–water partition coefficient (Wildman–Crippen LogP) is 1.71. The molecule has 0 saturated heterocycles. The van der Waals surface area contributed by atoms with E-state index < -0.39 is 28.8 Å². The molecular formula is C11H21F4NO3S. The summed E-state index contributed by atoms with van der Waals surface area (Å²) < 4.78 is 75.6. The fourth-order valence-corrected chi connectivity index (χ4v) is 2.22. The Morgan fingerprint density at radius 2 is 1.90 bits per heavy atom. The summed E-state index contributed by atoms with van der Waals surface area (Å²) in [6.07, 6.45) is -1.90. The third kappa shape index (κ3) is 9.49. The third-order valence-corrected chi connectivity index (χ3v) is 3.52. The van der Waals surface area contributed by atoms with Crippen LogP contribution in [0.2, 0.25) is 0 Å². The molecule has 0 spiro atoms. The number of rotatable bonds is 11. The van der Waals surface area contributed by atoms with Crippen LogP contribution in [0.5, 0.6) is 0 Å². The van der Waals surface area contributed by atoms with Gasteiger partial charge in [-0.15, -0.1) is 0 Å². The van der Waals surface area contributed by atoms with Crippen LogP contribution in [0, 0.1) is 0 Å². The van der Waals surface area contributed by atoms with Crippen LogP contribution in [-0.4, -0.2) is 58.6 Å². The number of hydrogen-bond acceptors (Lipinski definition) is 4. The number of halogens is 4. The lowest BCUT2D eigenvalue weighted by molar-refractivity contribution is -0.167. The van der Waals surface area contributed by atoms with Gasteiger partial charge in [-0.1, -0.05) is 6.92 Å². The van der Waals surface area contributed by atoms with Gasteiger partial charge in [0, 0.05) is 18.1 Å². The molecule has 4 nitrogen and oxygen atoms in total. The van der Waals surface area contributed by atoms with Gasteiger partial charge < -0.3 is 10.1 Å². The lowest BCUT2D eigenvalue weighted by Gasteiger charge is -2.20. The zero-order valence-corrected chi connectivity index (χ0v) is 12.4. The molecule has 122 valence electrons.